The number of H-pyrrole nitrogens is 1. The zero-order valence-corrected chi connectivity index (χ0v) is 14.8. The molecule has 2 aromatic heterocycles. The van der Waals surface area contributed by atoms with Crippen LogP contribution in [0.2, 0.25) is 0 Å². The van der Waals surface area contributed by atoms with E-state index in [1.54, 1.807) is 37.9 Å². The summed E-state index contributed by atoms with van der Waals surface area (Å²) in [6, 6.07) is 0. The smallest absolute Gasteiger partial charge is 0.276 e. The zero-order valence-electron chi connectivity index (χ0n) is 14.8. The molecule has 1 N–H and O–H groups in total. The lowest BCUT2D eigenvalue weighted by Crippen LogP contribution is -2.40. The van der Waals surface area contributed by atoms with E-state index >= 15 is 0 Å². The molecule has 25 heavy (non-hydrogen) atoms. The molecule has 0 fully saturated rings. The highest BCUT2D eigenvalue weighted by atomic mass is 16.5. The predicted octanol–water partition coefficient (Wildman–Crippen LogP) is 0.477. The number of amides is 1. The predicted molar refractivity (Wildman–Crippen MR) is 89.6 cm³/mol. The third-order valence-corrected chi connectivity index (χ3v) is 4.25. The molecule has 134 valence electrons. The van der Waals surface area contributed by atoms with Crippen LogP contribution in [0.5, 0.6) is 0 Å². The summed E-state index contributed by atoms with van der Waals surface area (Å²) in [6.45, 7) is 2.69. The molecule has 0 unspecified atom stereocenters. The minimum Gasteiger partial charge on any atom is -0.380 e. The first kappa shape index (κ1) is 17.2. The van der Waals surface area contributed by atoms with Gasteiger partial charge in [0.1, 0.15) is 5.76 Å². The lowest BCUT2D eigenvalue weighted by molar-refractivity contribution is 0.0716. The number of rotatable bonds is 4. The second-order valence-corrected chi connectivity index (χ2v) is 6.18. The molecular formula is C16H21N5O4. The fraction of sp³-hybridized carbons (Fsp3) is 0.500. The summed E-state index contributed by atoms with van der Waals surface area (Å²) in [5.74, 6) is 0.783. The van der Waals surface area contributed by atoms with Crippen LogP contribution >= 0.6 is 0 Å². The van der Waals surface area contributed by atoms with Crippen molar-refractivity contribution in [3.05, 3.63) is 38.6 Å². The first-order valence-corrected chi connectivity index (χ1v) is 7.95. The molecule has 3 rings (SSSR count). The van der Waals surface area contributed by atoms with Crippen LogP contribution in [0.4, 0.5) is 5.95 Å². The number of nitrogens with one attached hydrogen (secondary N) is 1. The number of aromatic nitrogens is 3. The summed E-state index contributed by atoms with van der Waals surface area (Å²) in [7, 11) is 5.15. The first-order chi connectivity index (χ1) is 11.9. The Morgan fingerprint density at radius 3 is 2.88 bits per heavy atom. The van der Waals surface area contributed by atoms with Gasteiger partial charge in [-0.15, -0.1) is 0 Å². The molecule has 1 amide bonds. The van der Waals surface area contributed by atoms with Crippen molar-refractivity contribution in [3.8, 4) is 0 Å². The van der Waals surface area contributed by atoms with E-state index in [4.69, 9.17) is 9.26 Å². The van der Waals surface area contributed by atoms with Crippen LogP contribution in [0.1, 0.15) is 33.1 Å². The van der Waals surface area contributed by atoms with Gasteiger partial charge < -0.3 is 19.1 Å². The van der Waals surface area contributed by atoms with Crippen molar-refractivity contribution >= 4 is 11.9 Å². The van der Waals surface area contributed by atoms with Gasteiger partial charge in [0, 0.05) is 33.3 Å². The van der Waals surface area contributed by atoms with Gasteiger partial charge in [-0.05, 0) is 13.3 Å². The second-order valence-electron chi connectivity index (χ2n) is 6.18. The van der Waals surface area contributed by atoms with Crippen LogP contribution in [0.25, 0.3) is 0 Å². The number of carbonyl (C=O) groups excluding carboxylic acids is 1. The largest absolute Gasteiger partial charge is 0.380 e. The average molecular weight is 347 g/mol. The van der Waals surface area contributed by atoms with Gasteiger partial charge in [0.2, 0.25) is 5.95 Å². The third kappa shape index (κ3) is 3.14. The van der Waals surface area contributed by atoms with Crippen LogP contribution < -0.4 is 10.5 Å². The molecule has 0 saturated carbocycles. The molecule has 0 radical (unpaired) electrons. The minimum absolute atomic E-state index is 0.154. The van der Waals surface area contributed by atoms with E-state index in [0.717, 1.165) is 0 Å². The number of aromatic amines is 1. The van der Waals surface area contributed by atoms with Crippen LogP contribution in [-0.2, 0) is 24.3 Å². The van der Waals surface area contributed by atoms with Gasteiger partial charge in [-0.1, -0.05) is 5.16 Å². The van der Waals surface area contributed by atoms with Gasteiger partial charge >= 0.3 is 0 Å². The van der Waals surface area contributed by atoms with E-state index < -0.39 is 0 Å². The van der Waals surface area contributed by atoms with Crippen LogP contribution in [0.3, 0.4) is 0 Å². The molecule has 0 spiro atoms. The highest BCUT2D eigenvalue weighted by Crippen LogP contribution is 2.21. The van der Waals surface area contributed by atoms with Crippen molar-refractivity contribution in [2.24, 2.45) is 0 Å². The molecule has 3 heterocycles. The normalized spacial score (nSPS) is 13.7. The minimum atomic E-state index is -0.247. The molecule has 0 aromatic carbocycles. The lowest BCUT2D eigenvalue weighted by Gasteiger charge is -2.28. The average Bonchev–Trinajstić information content (AvgIpc) is 2.95. The maximum absolute atomic E-state index is 12.8. The molecule has 1 aliphatic rings. The van der Waals surface area contributed by atoms with Gasteiger partial charge in [0.15, 0.2) is 5.69 Å². The van der Waals surface area contributed by atoms with Crippen LogP contribution in [-0.4, -0.2) is 53.7 Å². The molecule has 0 aliphatic carbocycles. The van der Waals surface area contributed by atoms with E-state index in [1.807, 2.05) is 0 Å². The van der Waals surface area contributed by atoms with E-state index in [2.05, 4.69) is 15.1 Å². The molecule has 0 saturated heterocycles. The van der Waals surface area contributed by atoms with Crippen molar-refractivity contribution in [3.63, 3.8) is 0 Å². The highest BCUT2D eigenvalue weighted by Gasteiger charge is 2.29. The van der Waals surface area contributed by atoms with Crippen LogP contribution in [0, 0.1) is 6.92 Å². The summed E-state index contributed by atoms with van der Waals surface area (Å²) in [4.78, 5) is 35.6. The number of ether oxygens (including phenoxy) is 1. The van der Waals surface area contributed by atoms with Crippen molar-refractivity contribution in [1.29, 1.82) is 0 Å². The van der Waals surface area contributed by atoms with E-state index in [1.165, 1.54) is 0 Å². The van der Waals surface area contributed by atoms with Crippen molar-refractivity contribution in [2.75, 3.05) is 32.6 Å². The number of fused-ring (bicyclic) bond motifs is 1. The molecule has 9 heteroatoms. The molecule has 0 bridgehead atoms. The lowest BCUT2D eigenvalue weighted by atomic mass is 10.1. The Morgan fingerprint density at radius 1 is 1.44 bits per heavy atom. The first-order valence-electron chi connectivity index (χ1n) is 7.95. The number of hydrogen-bond donors (Lipinski definition) is 1. The Labute approximate surface area is 144 Å². The summed E-state index contributed by atoms with van der Waals surface area (Å²) in [6.07, 6.45) is 0.452. The Hall–Kier alpha value is -2.68. The number of carbonyl (C=O) groups is 1. The summed E-state index contributed by atoms with van der Waals surface area (Å²) in [5.41, 5.74) is 1.98. The number of hydrogen-bond acceptors (Lipinski definition) is 7. The zero-order chi connectivity index (χ0) is 18.1. The second kappa shape index (κ2) is 6.67. The third-order valence-electron chi connectivity index (χ3n) is 4.25. The fourth-order valence-corrected chi connectivity index (χ4v) is 2.83. The van der Waals surface area contributed by atoms with Crippen molar-refractivity contribution in [1.82, 2.24) is 20.0 Å². The van der Waals surface area contributed by atoms with Crippen molar-refractivity contribution < 1.29 is 14.1 Å². The topological polar surface area (TPSA) is 105 Å². The fourth-order valence-electron chi connectivity index (χ4n) is 2.83. The number of methoxy groups -OCH3 is 1. The van der Waals surface area contributed by atoms with Crippen molar-refractivity contribution in [2.45, 2.75) is 26.5 Å². The van der Waals surface area contributed by atoms with Gasteiger partial charge in [-0.25, -0.2) is 4.98 Å². The molecule has 2 aromatic rings. The van der Waals surface area contributed by atoms with Gasteiger partial charge in [0.25, 0.3) is 11.5 Å². The van der Waals surface area contributed by atoms with Crippen LogP contribution in [0.15, 0.2) is 9.32 Å². The summed E-state index contributed by atoms with van der Waals surface area (Å²) in [5, 5.41) is 3.89. The number of nitrogens with zero attached hydrogens (tertiary/aromatic N) is 4. The molecule has 0 atom stereocenters. The van der Waals surface area contributed by atoms with E-state index in [-0.39, 0.29) is 30.3 Å². The highest BCUT2D eigenvalue weighted by molar-refractivity contribution is 5.93. The Morgan fingerprint density at radius 2 is 2.20 bits per heavy atom. The standard InChI is InChI=1S/C16H21N5O4/c1-9-11(8-24-4)13(19-25-9)15(23)21-6-5-10-12(7-21)17-16(20(2)3)18-14(10)22/h5-8H2,1-4H3,(H,17,18,22). The molecule has 9 nitrogen and oxygen atoms in total. The van der Waals surface area contributed by atoms with E-state index in [0.29, 0.717) is 41.5 Å². The molecule has 1 aliphatic heterocycles. The number of aryl methyl sites for hydroxylation is 1. The Bertz CT molecular complexity index is 855. The molecular weight excluding hydrogens is 326 g/mol. The maximum Gasteiger partial charge on any atom is 0.276 e. The van der Waals surface area contributed by atoms with Gasteiger partial charge in [-0.3, -0.25) is 14.6 Å². The Balaban J connectivity index is 1.90. The summed E-state index contributed by atoms with van der Waals surface area (Å²) >= 11 is 0. The van der Waals surface area contributed by atoms with E-state index in [9.17, 15) is 9.59 Å². The SMILES string of the molecule is COCc1c(C(=O)N2CCc3c(nc(N(C)C)[nH]c3=O)C2)noc1C. The Kier molecular flexibility index (Phi) is 4.58. The maximum atomic E-state index is 12.8. The quantitative estimate of drug-likeness (QED) is 0.857. The van der Waals surface area contributed by atoms with Gasteiger partial charge in [-0.2, -0.15) is 0 Å². The van der Waals surface area contributed by atoms with Gasteiger partial charge in [0.05, 0.1) is 24.4 Å². The monoisotopic (exact) mass is 347 g/mol. The summed E-state index contributed by atoms with van der Waals surface area (Å²) < 4.78 is 10.3. The number of anilines is 1.